The van der Waals surface area contributed by atoms with Crippen molar-refractivity contribution in [3.63, 3.8) is 0 Å². The molecule has 1 N–H and O–H groups in total. The molecule has 4 heteroatoms. The van der Waals surface area contributed by atoms with E-state index in [1.165, 1.54) is 0 Å². The van der Waals surface area contributed by atoms with Crippen LogP contribution in [0.15, 0.2) is 72.1 Å². The second-order valence-corrected chi connectivity index (χ2v) is 5.75. The first-order valence-corrected chi connectivity index (χ1v) is 7.38. The van der Waals surface area contributed by atoms with Crippen molar-refractivity contribution in [2.45, 2.75) is 11.3 Å². The average Bonchev–Trinajstić information content (AvgIpc) is 2.42. The Morgan fingerprint density at radius 3 is 2.32 bits per heavy atom. The number of anilines is 1. The fourth-order valence-electron chi connectivity index (χ4n) is 1.76. The van der Waals surface area contributed by atoms with Gasteiger partial charge in [0.2, 0.25) is 0 Å². The summed E-state index contributed by atoms with van der Waals surface area (Å²) in [6, 6.07) is 15.6. The first kappa shape index (κ1) is 13.4. The standard InChI is InChI=1S/C15H15NO2S/c1-2-8-13-9-6-7-12-15(13)16-19(17,18)14-10-4-3-5-11-14/h2-7,9-12,16H,1,8H2. The molecular weight excluding hydrogens is 258 g/mol. The van der Waals surface area contributed by atoms with Crippen LogP contribution in [0.5, 0.6) is 0 Å². The zero-order valence-electron chi connectivity index (χ0n) is 10.4. The number of rotatable bonds is 5. The van der Waals surface area contributed by atoms with Crippen molar-refractivity contribution in [3.05, 3.63) is 72.8 Å². The van der Waals surface area contributed by atoms with Crippen molar-refractivity contribution >= 4 is 15.7 Å². The van der Waals surface area contributed by atoms with E-state index in [1.54, 1.807) is 48.5 Å². The molecule has 0 aliphatic carbocycles. The molecule has 3 nitrogen and oxygen atoms in total. The Hall–Kier alpha value is -2.07. The molecule has 0 unspecified atom stereocenters. The van der Waals surface area contributed by atoms with Crippen molar-refractivity contribution in [2.24, 2.45) is 0 Å². The Balaban J connectivity index is 2.33. The van der Waals surface area contributed by atoms with Crippen molar-refractivity contribution in [2.75, 3.05) is 4.72 Å². The lowest BCUT2D eigenvalue weighted by atomic mass is 10.1. The van der Waals surface area contributed by atoms with Crippen LogP contribution in [0.1, 0.15) is 5.56 Å². The van der Waals surface area contributed by atoms with Crippen molar-refractivity contribution < 1.29 is 8.42 Å². The molecular formula is C15H15NO2S. The zero-order valence-corrected chi connectivity index (χ0v) is 11.2. The largest absolute Gasteiger partial charge is 0.279 e. The van der Waals surface area contributed by atoms with Crippen molar-refractivity contribution in [3.8, 4) is 0 Å². The molecule has 0 heterocycles. The number of benzene rings is 2. The fraction of sp³-hybridized carbons (Fsp3) is 0.0667. The SMILES string of the molecule is C=CCc1ccccc1NS(=O)(=O)c1ccccc1. The molecule has 0 fully saturated rings. The molecule has 0 amide bonds. The minimum absolute atomic E-state index is 0.253. The normalized spacial score (nSPS) is 10.9. The molecule has 19 heavy (non-hydrogen) atoms. The van der Waals surface area contributed by atoms with Gasteiger partial charge in [0.1, 0.15) is 0 Å². The van der Waals surface area contributed by atoms with Gasteiger partial charge in [-0.15, -0.1) is 6.58 Å². The Bertz CT molecular complexity index is 664. The minimum Gasteiger partial charge on any atom is -0.279 e. The zero-order chi connectivity index (χ0) is 13.7. The average molecular weight is 273 g/mol. The molecule has 2 rings (SSSR count). The van der Waals surface area contributed by atoms with Gasteiger partial charge in [-0.05, 0) is 30.2 Å². The fourth-order valence-corrected chi connectivity index (χ4v) is 2.88. The second-order valence-electron chi connectivity index (χ2n) is 4.07. The van der Waals surface area contributed by atoms with Crippen LogP contribution in [0.25, 0.3) is 0 Å². The van der Waals surface area contributed by atoms with E-state index in [2.05, 4.69) is 11.3 Å². The van der Waals surface area contributed by atoms with Crippen molar-refractivity contribution in [1.29, 1.82) is 0 Å². The number of para-hydroxylation sites is 1. The van der Waals surface area contributed by atoms with Gasteiger partial charge >= 0.3 is 0 Å². The molecule has 0 spiro atoms. The van der Waals surface area contributed by atoms with Crippen LogP contribution in [0, 0.1) is 0 Å². The predicted octanol–water partition coefficient (Wildman–Crippen LogP) is 3.22. The van der Waals surface area contributed by atoms with Gasteiger partial charge < -0.3 is 0 Å². The smallest absolute Gasteiger partial charge is 0.261 e. The van der Waals surface area contributed by atoms with Gasteiger partial charge in [-0.2, -0.15) is 0 Å². The summed E-state index contributed by atoms with van der Waals surface area (Å²) in [5.74, 6) is 0. The van der Waals surface area contributed by atoms with E-state index in [9.17, 15) is 8.42 Å². The molecule has 0 saturated carbocycles. The van der Waals surface area contributed by atoms with Crippen LogP contribution in [0.2, 0.25) is 0 Å². The first-order chi connectivity index (χ1) is 9.13. The minimum atomic E-state index is -3.54. The summed E-state index contributed by atoms with van der Waals surface area (Å²) in [4.78, 5) is 0.253. The number of hydrogen-bond acceptors (Lipinski definition) is 2. The molecule has 2 aromatic rings. The molecule has 0 radical (unpaired) electrons. The highest BCUT2D eigenvalue weighted by atomic mass is 32.2. The number of sulfonamides is 1. The molecule has 2 aromatic carbocycles. The van der Waals surface area contributed by atoms with Crippen LogP contribution in [0.4, 0.5) is 5.69 Å². The maximum absolute atomic E-state index is 12.2. The Kier molecular flexibility index (Phi) is 4.02. The topological polar surface area (TPSA) is 46.2 Å². The Labute approximate surface area is 113 Å². The molecule has 0 aliphatic heterocycles. The maximum atomic E-state index is 12.2. The van der Waals surface area contributed by atoms with Gasteiger partial charge in [0.15, 0.2) is 0 Å². The summed E-state index contributed by atoms with van der Waals surface area (Å²) in [5, 5.41) is 0. The van der Waals surface area contributed by atoms with Crippen LogP contribution in [0.3, 0.4) is 0 Å². The van der Waals surface area contributed by atoms with E-state index in [0.717, 1.165) is 5.56 Å². The van der Waals surface area contributed by atoms with E-state index in [1.807, 2.05) is 12.1 Å². The predicted molar refractivity (Wildman–Crippen MR) is 77.6 cm³/mol. The summed E-state index contributed by atoms with van der Waals surface area (Å²) in [7, 11) is -3.54. The van der Waals surface area contributed by atoms with Gasteiger partial charge in [0.25, 0.3) is 10.0 Å². The molecule has 0 aliphatic rings. The highest BCUT2D eigenvalue weighted by Crippen LogP contribution is 2.20. The van der Waals surface area contributed by atoms with Crippen molar-refractivity contribution in [1.82, 2.24) is 0 Å². The Morgan fingerprint density at radius 1 is 1.00 bits per heavy atom. The highest BCUT2D eigenvalue weighted by molar-refractivity contribution is 7.92. The van der Waals surface area contributed by atoms with Gasteiger partial charge in [0.05, 0.1) is 10.6 Å². The number of nitrogens with one attached hydrogen (secondary N) is 1. The third-order valence-electron chi connectivity index (χ3n) is 2.68. The van der Waals surface area contributed by atoms with Crippen LogP contribution in [-0.2, 0) is 16.4 Å². The van der Waals surface area contributed by atoms with Gasteiger partial charge in [0, 0.05) is 0 Å². The van der Waals surface area contributed by atoms with Crippen LogP contribution in [-0.4, -0.2) is 8.42 Å². The van der Waals surface area contributed by atoms with E-state index < -0.39 is 10.0 Å². The second kappa shape index (κ2) is 5.71. The van der Waals surface area contributed by atoms with E-state index in [-0.39, 0.29) is 4.90 Å². The number of hydrogen-bond donors (Lipinski definition) is 1. The summed E-state index contributed by atoms with van der Waals surface area (Å²) >= 11 is 0. The lowest BCUT2D eigenvalue weighted by Crippen LogP contribution is -2.14. The highest BCUT2D eigenvalue weighted by Gasteiger charge is 2.14. The molecule has 0 aromatic heterocycles. The van der Waals surface area contributed by atoms with Crippen LogP contribution < -0.4 is 4.72 Å². The molecule has 98 valence electrons. The molecule has 0 saturated heterocycles. The molecule has 0 atom stereocenters. The van der Waals surface area contributed by atoms with E-state index in [4.69, 9.17) is 0 Å². The van der Waals surface area contributed by atoms with E-state index in [0.29, 0.717) is 12.1 Å². The van der Waals surface area contributed by atoms with E-state index >= 15 is 0 Å². The van der Waals surface area contributed by atoms with Crippen LogP contribution >= 0.6 is 0 Å². The maximum Gasteiger partial charge on any atom is 0.261 e. The Morgan fingerprint density at radius 2 is 1.63 bits per heavy atom. The van der Waals surface area contributed by atoms with Gasteiger partial charge in [-0.1, -0.05) is 42.5 Å². The third-order valence-corrected chi connectivity index (χ3v) is 4.06. The monoisotopic (exact) mass is 273 g/mol. The van der Waals surface area contributed by atoms with Gasteiger partial charge in [-0.3, -0.25) is 4.72 Å². The first-order valence-electron chi connectivity index (χ1n) is 5.90. The number of allylic oxidation sites excluding steroid dienone is 1. The van der Waals surface area contributed by atoms with Gasteiger partial charge in [-0.25, -0.2) is 8.42 Å². The summed E-state index contributed by atoms with van der Waals surface area (Å²) < 4.78 is 27.1. The lowest BCUT2D eigenvalue weighted by molar-refractivity contribution is 0.601. The quantitative estimate of drug-likeness (QED) is 0.850. The lowest BCUT2D eigenvalue weighted by Gasteiger charge is -2.11. The summed E-state index contributed by atoms with van der Waals surface area (Å²) in [6.07, 6.45) is 2.36. The molecule has 0 bridgehead atoms. The third kappa shape index (κ3) is 3.23. The summed E-state index contributed by atoms with van der Waals surface area (Å²) in [5.41, 5.74) is 1.49. The summed E-state index contributed by atoms with van der Waals surface area (Å²) in [6.45, 7) is 3.67.